The summed E-state index contributed by atoms with van der Waals surface area (Å²) < 4.78 is 0. The molecule has 78 valence electrons. The molecule has 1 aromatic carbocycles. The monoisotopic (exact) mass is 201 g/mol. The van der Waals surface area contributed by atoms with E-state index in [0.717, 1.165) is 25.8 Å². The Morgan fingerprint density at radius 3 is 2.73 bits per heavy atom. The molecule has 0 radical (unpaired) electrons. The Bertz CT molecular complexity index is 387. The number of carbonyl (C=O) groups is 1. The molecule has 0 spiro atoms. The van der Waals surface area contributed by atoms with Crippen LogP contribution in [0.4, 0.5) is 0 Å². The number of hydrogen-bond donors (Lipinski definition) is 1. The highest BCUT2D eigenvalue weighted by Crippen LogP contribution is 2.39. The second-order valence-corrected chi connectivity index (χ2v) is 4.87. The maximum Gasteiger partial charge on any atom is 0.139 e. The van der Waals surface area contributed by atoms with Crippen LogP contribution in [0.25, 0.3) is 0 Å². The number of ketones is 1. The minimum absolute atomic E-state index is 0.0864. The van der Waals surface area contributed by atoms with Gasteiger partial charge in [-0.05, 0) is 18.4 Å². The van der Waals surface area contributed by atoms with Crippen molar-refractivity contribution in [3.63, 3.8) is 0 Å². The van der Waals surface area contributed by atoms with Gasteiger partial charge in [-0.1, -0.05) is 30.3 Å². The SMILES string of the molecule is O=C1C[C@]2(Cc3ccccc3)C[C@@H]1CN2. The summed E-state index contributed by atoms with van der Waals surface area (Å²) in [6.45, 7) is 0.895. The largest absolute Gasteiger partial charge is 0.310 e. The highest BCUT2D eigenvalue weighted by atomic mass is 16.1. The first kappa shape index (κ1) is 9.10. The molecule has 0 unspecified atom stereocenters. The van der Waals surface area contributed by atoms with Gasteiger partial charge in [-0.15, -0.1) is 0 Å². The molecule has 0 aromatic heterocycles. The lowest BCUT2D eigenvalue weighted by atomic mass is 9.90. The first-order valence-corrected chi connectivity index (χ1v) is 5.59. The van der Waals surface area contributed by atoms with E-state index in [1.54, 1.807) is 0 Å². The number of rotatable bonds is 2. The summed E-state index contributed by atoms with van der Waals surface area (Å²) in [5.41, 5.74) is 1.42. The summed E-state index contributed by atoms with van der Waals surface area (Å²) >= 11 is 0. The molecule has 1 aliphatic heterocycles. The average molecular weight is 201 g/mol. The van der Waals surface area contributed by atoms with Crippen LogP contribution in [0.2, 0.25) is 0 Å². The molecule has 1 N–H and O–H groups in total. The summed E-state index contributed by atoms with van der Waals surface area (Å²) in [5.74, 6) is 0.762. The second-order valence-electron chi connectivity index (χ2n) is 4.87. The van der Waals surface area contributed by atoms with Crippen molar-refractivity contribution < 1.29 is 4.79 Å². The zero-order chi connectivity index (χ0) is 10.3. The predicted octanol–water partition coefficient (Wildman–Crippen LogP) is 1.55. The fourth-order valence-electron chi connectivity index (χ4n) is 2.98. The van der Waals surface area contributed by atoms with Crippen molar-refractivity contribution in [2.75, 3.05) is 6.54 Å². The van der Waals surface area contributed by atoms with Crippen LogP contribution in [0.3, 0.4) is 0 Å². The quantitative estimate of drug-likeness (QED) is 0.786. The number of fused-ring (bicyclic) bond motifs is 2. The molecule has 1 aromatic rings. The summed E-state index contributed by atoms with van der Waals surface area (Å²) in [6, 6.07) is 10.5. The molecule has 2 nitrogen and oxygen atoms in total. The van der Waals surface area contributed by atoms with Gasteiger partial charge in [0.25, 0.3) is 0 Å². The van der Waals surface area contributed by atoms with E-state index in [1.807, 2.05) is 6.07 Å². The maximum atomic E-state index is 11.6. The third kappa shape index (κ3) is 1.49. The number of hydrogen-bond acceptors (Lipinski definition) is 2. The third-order valence-corrected chi connectivity index (χ3v) is 3.71. The number of nitrogens with one attached hydrogen (secondary N) is 1. The van der Waals surface area contributed by atoms with Gasteiger partial charge in [-0.2, -0.15) is 0 Å². The van der Waals surface area contributed by atoms with E-state index in [4.69, 9.17) is 0 Å². The highest BCUT2D eigenvalue weighted by molar-refractivity contribution is 5.86. The molecule has 2 aliphatic rings. The zero-order valence-corrected chi connectivity index (χ0v) is 8.70. The molecule has 1 heterocycles. The van der Waals surface area contributed by atoms with Gasteiger partial charge in [0, 0.05) is 24.4 Å². The molecule has 2 heteroatoms. The van der Waals surface area contributed by atoms with E-state index in [0.29, 0.717) is 11.7 Å². The van der Waals surface area contributed by atoms with Gasteiger partial charge in [0.1, 0.15) is 5.78 Å². The Balaban J connectivity index is 1.82. The summed E-state index contributed by atoms with van der Waals surface area (Å²) in [7, 11) is 0. The molecule has 1 saturated heterocycles. The van der Waals surface area contributed by atoms with Crippen molar-refractivity contribution in [1.82, 2.24) is 5.32 Å². The molecule has 2 bridgehead atoms. The summed E-state index contributed by atoms with van der Waals surface area (Å²) in [6.07, 6.45) is 2.77. The Morgan fingerprint density at radius 2 is 2.13 bits per heavy atom. The van der Waals surface area contributed by atoms with Gasteiger partial charge >= 0.3 is 0 Å². The third-order valence-electron chi connectivity index (χ3n) is 3.71. The number of piperidine rings is 1. The van der Waals surface area contributed by atoms with Crippen molar-refractivity contribution >= 4 is 5.78 Å². The van der Waals surface area contributed by atoms with Gasteiger partial charge in [0.15, 0.2) is 0 Å². The Kier molecular flexibility index (Phi) is 1.93. The lowest BCUT2D eigenvalue weighted by Crippen LogP contribution is -2.44. The molecule has 15 heavy (non-hydrogen) atoms. The van der Waals surface area contributed by atoms with Crippen LogP contribution in [-0.4, -0.2) is 17.9 Å². The number of Topliss-reactive ketones (excluding diaryl/α,β-unsaturated/α-hetero) is 1. The van der Waals surface area contributed by atoms with Gasteiger partial charge in [0.2, 0.25) is 0 Å². The van der Waals surface area contributed by atoms with E-state index in [2.05, 4.69) is 29.6 Å². The van der Waals surface area contributed by atoms with Crippen LogP contribution in [0, 0.1) is 5.92 Å². The molecular weight excluding hydrogens is 186 g/mol. The van der Waals surface area contributed by atoms with Crippen molar-refractivity contribution in [3.8, 4) is 0 Å². The van der Waals surface area contributed by atoms with E-state index < -0.39 is 0 Å². The fourth-order valence-corrected chi connectivity index (χ4v) is 2.98. The first-order valence-electron chi connectivity index (χ1n) is 5.59. The van der Waals surface area contributed by atoms with E-state index in [9.17, 15) is 4.79 Å². The van der Waals surface area contributed by atoms with Crippen LogP contribution in [0.5, 0.6) is 0 Å². The highest BCUT2D eigenvalue weighted by Gasteiger charge is 2.49. The van der Waals surface area contributed by atoms with E-state index in [1.165, 1.54) is 5.56 Å². The Hall–Kier alpha value is -1.15. The fraction of sp³-hybridized carbons (Fsp3) is 0.462. The van der Waals surface area contributed by atoms with Gasteiger partial charge in [0.05, 0.1) is 0 Å². The van der Waals surface area contributed by atoms with Gasteiger partial charge < -0.3 is 5.32 Å². The number of carbonyl (C=O) groups excluding carboxylic acids is 1. The minimum Gasteiger partial charge on any atom is -0.310 e. The van der Waals surface area contributed by atoms with Crippen LogP contribution < -0.4 is 5.32 Å². The van der Waals surface area contributed by atoms with Gasteiger partial charge in [-0.25, -0.2) is 0 Å². The molecule has 1 aliphatic carbocycles. The van der Waals surface area contributed by atoms with Crippen LogP contribution in [-0.2, 0) is 11.2 Å². The summed E-state index contributed by atoms with van der Waals surface area (Å²) in [4.78, 5) is 11.6. The molecule has 2 fully saturated rings. The normalized spacial score (nSPS) is 33.6. The minimum atomic E-state index is 0.0864. The predicted molar refractivity (Wildman–Crippen MR) is 58.6 cm³/mol. The lowest BCUT2D eigenvalue weighted by Gasteiger charge is -2.27. The van der Waals surface area contributed by atoms with E-state index in [-0.39, 0.29) is 5.54 Å². The van der Waals surface area contributed by atoms with Crippen molar-refractivity contribution in [2.24, 2.45) is 5.92 Å². The molecule has 3 rings (SSSR count). The standard InChI is InChI=1S/C13H15NO/c15-12-8-13(7-11(12)9-14-13)6-10-4-2-1-3-5-10/h1-5,11,14H,6-9H2/t11-,13+/m1/s1. The molecular formula is C13H15NO. The van der Waals surface area contributed by atoms with Crippen molar-refractivity contribution in [1.29, 1.82) is 0 Å². The Labute approximate surface area is 89.7 Å². The first-order chi connectivity index (χ1) is 7.27. The lowest BCUT2D eigenvalue weighted by molar-refractivity contribution is -0.121. The van der Waals surface area contributed by atoms with E-state index >= 15 is 0 Å². The Morgan fingerprint density at radius 1 is 1.33 bits per heavy atom. The maximum absolute atomic E-state index is 11.6. The smallest absolute Gasteiger partial charge is 0.139 e. The van der Waals surface area contributed by atoms with Crippen LogP contribution >= 0.6 is 0 Å². The van der Waals surface area contributed by atoms with Crippen LogP contribution in [0.1, 0.15) is 18.4 Å². The van der Waals surface area contributed by atoms with Crippen molar-refractivity contribution in [3.05, 3.63) is 35.9 Å². The second kappa shape index (κ2) is 3.17. The van der Waals surface area contributed by atoms with Crippen LogP contribution in [0.15, 0.2) is 30.3 Å². The average Bonchev–Trinajstić information content (AvgIpc) is 2.75. The molecule has 0 amide bonds. The number of benzene rings is 1. The van der Waals surface area contributed by atoms with Crippen molar-refractivity contribution in [2.45, 2.75) is 24.8 Å². The van der Waals surface area contributed by atoms with Gasteiger partial charge in [-0.3, -0.25) is 4.79 Å². The molecule has 2 atom stereocenters. The topological polar surface area (TPSA) is 29.1 Å². The zero-order valence-electron chi connectivity index (χ0n) is 8.70. The summed E-state index contributed by atoms with van der Waals surface area (Å²) in [5, 5.41) is 3.53. The molecule has 1 saturated carbocycles.